The Kier molecular flexibility index (Phi) is 5.04. The molecule has 1 amide bonds. The number of imidazole rings is 1. The summed E-state index contributed by atoms with van der Waals surface area (Å²) in [5.41, 5.74) is 2.37. The number of aryl methyl sites for hydroxylation is 1. The first kappa shape index (κ1) is 19.4. The molecular formula is C21H21F3N4O. The summed E-state index contributed by atoms with van der Waals surface area (Å²) in [5, 5.41) is 0. The Labute approximate surface area is 166 Å². The van der Waals surface area contributed by atoms with Gasteiger partial charge in [-0.1, -0.05) is 18.2 Å². The first-order valence-corrected chi connectivity index (χ1v) is 9.44. The van der Waals surface area contributed by atoms with Gasteiger partial charge in [0.2, 0.25) is 0 Å². The molecule has 0 aliphatic carbocycles. The third kappa shape index (κ3) is 4.12. The molecule has 1 aliphatic heterocycles. The van der Waals surface area contributed by atoms with E-state index in [4.69, 9.17) is 0 Å². The fourth-order valence-electron chi connectivity index (χ4n) is 3.58. The maximum atomic E-state index is 12.8. The number of amides is 1. The molecule has 29 heavy (non-hydrogen) atoms. The zero-order valence-electron chi connectivity index (χ0n) is 16.0. The predicted octanol–water partition coefficient (Wildman–Crippen LogP) is 3.62. The maximum absolute atomic E-state index is 12.8. The zero-order valence-corrected chi connectivity index (χ0v) is 16.0. The highest BCUT2D eigenvalue weighted by molar-refractivity contribution is 5.93. The van der Waals surface area contributed by atoms with Crippen molar-refractivity contribution in [1.82, 2.24) is 19.2 Å². The van der Waals surface area contributed by atoms with Crippen LogP contribution in [0.5, 0.6) is 0 Å². The second kappa shape index (κ2) is 7.51. The van der Waals surface area contributed by atoms with Crippen LogP contribution in [0.4, 0.5) is 13.2 Å². The van der Waals surface area contributed by atoms with Crippen LogP contribution in [-0.2, 0) is 12.7 Å². The highest BCUT2D eigenvalue weighted by Crippen LogP contribution is 2.29. The quantitative estimate of drug-likeness (QED) is 0.672. The van der Waals surface area contributed by atoms with E-state index in [1.54, 1.807) is 11.1 Å². The van der Waals surface area contributed by atoms with E-state index in [2.05, 4.69) is 9.88 Å². The summed E-state index contributed by atoms with van der Waals surface area (Å²) in [6, 6.07) is 11.0. The van der Waals surface area contributed by atoms with Crippen LogP contribution in [-0.4, -0.2) is 51.3 Å². The Hall–Kier alpha value is -2.87. The molecular weight excluding hydrogens is 381 g/mol. The molecule has 1 saturated heterocycles. The molecule has 3 aromatic rings. The number of hydrogen-bond acceptors (Lipinski definition) is 3. The Balaban J connectivity index is 1.36. The van der Waals surface area contributed by atoms with Crippen molar-refractivity contribution in [3.8, 4) is 0 Å². The minimum Gasteiger partial charge on any atom is -0.335 e. The van der Waals surface area contributed by atoms with Gasteiger partial charge in [0.1, 0.15) is 11.3 Å². The normalized spacial score (nSPS) is 15.8. The van der Waals surface area contributed by atoms with E-state index in [9.17, 15) is 18.0 Å². The van der Waals surface area contributed by atoms with Gasteiger partial charge in [-0.05, 0) is 36.8 Å². The van der Waals surface area contributed by atoms with Gasteiger partial charge in [0.05, 0.1) is 5.56 Å². The van der Waals surface area contributed by atoms with Gasteiger partial charge in [0, 0.05) is 44.6 Å². The van der Waals surface area contributed by atoms with Gasteiger partial charge in [-0.25, -0.2) is 4.98 Å². The molecule has 1 fully saturated rings. The van der Waals surface area contributed by atoms with Crippen LogP contribution in [0.1, 0.15) is 27.3 Å². The molecule has 5 nitrogen and oxygen atoms in total. The van der Waals surface area contributed by atoms with Crippen molar-refractivity contribution in [2.24, 2.45) is 0 Å². The largest absolute Gasteiger partial charge is 0.416 e. The smallest absolute Gasteiger partial charge is 0.335 e. The first-order valence-electron chi connectivity index (χ1n) is 9.44. The van der Waals surface area contributed by atoms with Crippen molar-refractivity contribution < 1.29 is 18.0 Å². The molecule has 152 valence electrons. The third-order valence-electron chi connectivity index (χ3n) is 5.26. The van der Waals surface area contributed by atoms with Crippen molar-refractivity contribution in [3.63, 3.8) is 0 Å². The highest BCUT2D eigenvalue weighted by Gasteiger charge is 2.30. The molecule has 1 aromatic carbocycles. The van der Waals surface area contributed by atoms with E-state index < -0.39 is 11.7 Å². The fourth-order valence-corrected chi connectivity index (χ4v) is 3.58. The lowest BCUT2D eigenvalue weighted by Gasteiger charge is -2.34. The van der Waals surface area contributed by atoms with Gasteiger partial charge in [-0.2, -0.15) is 13.2 Å². The van der Waals surface area contributed by atoms with Crippen LogP contribution in [0.2, 0.25) is 0 Å². The second-order valence-electron chi connectivity index (χ2n) is 7.28. The highest BCUT2D eigenvalue weighted by atomic mass is 19.4. The van der Waals surface area contributed by atoms with E-state index in [0.29, 0.717) is 38.4 Å². The Morgan fingerprint density at radius 2 is 1.72 bits per heavy atom. The van der Waals surface area contributed by atoms with E-state index in [0.717, 1.165) is 29.0 Å². The second-order valence-corrected chi connectivity index (χ2v) is 7.28. The lowest BCUT2D eigenvalue weighted by atomic mass is 10.1. The van der Waals surface area contributed by atoms with Crippen LogP contribution in [0.3, 0.4) is 0 Å². The van der Waals surface area contributed by atoms with Gasteiger partial charge >= 0.3 is 6.18 Å². The summed E-state index contributed by atoms with van der Waals surface area (Å²) in [5.74, 6) is -0.0951. The van der Waals surface area contributed by atoms with Gasteiger partial charge in [-0.3, -0.25) is 9.69 Å². The lowest BCUT2D eigenvalue weighted by Crippen LogP contribution is -2.48. The van der Waals surface area contributed by atoms with Crippen LogP contribution in [0.25, 0.3) is 5.65 Å². The number of fused-ring (bicyclic) bond motifs is 1. The molecule has 0 spiro atoms. The van der Waals surface area contributed by atoms with E-state index in [-0.39, 0.29) is 5.91 Å². The molecule has 0 saturated carbocycles. The van der Waals surface area contributed by atoms with Crippen LogP contribution < -0.4 is 0 Å². The average Bonchev–Trinajstić information content (AvgIpc) is 3.14. The molecule has 0 atom stereocenters. The lowest BCUT2D eigenvalue weighted by molar-refractivity contribution is -0.137. The number of aromatic nitrogens is 2. The van der Waals surface area contributed by atoms with E-state index in [1.165, 1.54) is 12.1 Å². The van der Waals surface area contributed by atoms with Crippen molar-refractivity contribution in [1.29, 1.82) is 0 Å². The molecule has 0 radical (unpaired) electrons. The number of carbonyl (C=O) groups excluding carboxylic acids is 1. The number of nitrogens with zero attached hydrogens (tertiary/aromatic N) is 4. The number of alkyl halides is 3. The number of rotatable bonds is 3. The van der Waals surface area contributed by atoms with Crippen LogP contribution in [0, 0.1) is 6.92 Å². The van der Waals surface area contributed by atoms with Crippen molar-refractivity contribution >= 4 is 11.6 Å². The predicted molar refractivity (Wildman–Crippen MR) is 103 cm³/mol. The summed E-state index contributed by atoms with van der Waals surface area (Å²) >= 11 is 0. The average molecular weight is 402 g/mol. The maximum Gasteiger partial charge on any atom is 0.416 e. The van der Waals surface area contributed by atoms with Crippen molar-refractivity contribution in [2.45, 2.75) is 19.6 Å². The summed E-state index contributed by atoms with van der Waals surface area (Å²) in [6.45, 7) is 4.98. The number of hydrogen-bond donors (Lipinski definition) is 0. The van der Waals surface area contributed by atoms with Gasteiger partial charge < -0.3 is 9.30 Å². The minimum absolute atomic E-state index is 0.0951. The first-order chi connectivity index (χ1) is 13.8. The topological polar surface area (TPSA) is 40.9 Å². The minimum atomic E-state index is -4.32. The molecule has 1 aliphatic rings. The molecule has 2 aromatic heterocycles. The molecule has 8 heteroatoms. The SMILES string of the molecule is Cc1cccc2nc(C(=O)N3CCN(Cc4ccc(C(F)(F)F)cc4)CC3)cn12. The van der Waals surface area contributed by atoms with Crippen molar-refractivity contribution in [2.75, 3.05) is 26.2 Å². The number of pyridine rings is 1. The number of piperazine rings is 1. The molecule has 0 N–H and O–H groups in total. The Morgan fingerprint density at radius 1 is 1.03 bits per heavy atom. The third-order valence-corrected chi connectivity index (χ3v) is 5.26. The van der Waals surface area contributed by atoms with Crippen LogP contribution in [0.15, 0.2) is 48.7 Å². The Bertz CT molecular complexity index is 1020. The van der Waals surface area contributed by atoms with Crippen molar-refractivity contribution in [3.05, 3.63) is 71.2 Å². The van der Waals surface area contributed by atoms with Gasteiger partial charge in [-0.15, -0.1) is 0 Å². The van der Waals surface area contributed by atoms with E-state index in [1.807, 2.05) is 29.5 Å². The molecule has 4 rings (SSSR count). The van der Waals surface area contributed by atoms with Crippen LogP contribution >= 0.6 is 0 Å². The number of benzene rings is 1. The molecule has 0 unspecified atom stereocenters. The number of halogens is 3. The summed E-state index contributed by atoms with van der Waals surface area (Å²) < 4.78 is 39.9. The summed E-state index contributed by atoms with van der Waals surface area (Å²) in [7, 11) is 0. The van der Waals surface area contributed by atoms with Gasteiger partial charge in [0.15, 0.2) is 0 Å². The Morgan fingerprint density at radius 3 is 2.34 bits per heavy atom. The number of carbonyl (C=O) groups is 1. The molecule has 3 heterocycles. The fraction of sp³-hybridized carbons (Fsp3) is 0.333. The summed E-state index contributed by atoms with van der Waals surface area (Å²) in [6.07, 6.45) is -2.55. The zero-order chi connectivity index (χ0) is 20.6. The standard InChI is InChI=1S/C21H21F3N4O/c1-15-3-2-4-19-25-18(14-28(15)19)20(29)27-11-9-26(10-12-27)13-16-5-7-17(8-6-16)21(22,23)24/h2-8,14H,9-13H2,1H3. The van der Waals surface area contributed by atoms with E-state index >= 15 is 0 Å². The molecule has 0 bridgehead atoms. The monoisotopic (exact) mass is 402 g/mol. The van der Waals surface area contributed by atoms with Gasteiger partial charge in [0.25, 0.3) is 5.91 Å². The summed E-state index contributed by atoms with van der Waals surface area (Å²) in [4.78, 5) is 21.1.